The van der Waals surface area contributed by atoms with Gasteiger partial charge in [-0.2, -0.15) is 0 Å². The number of pyridine rings is 1. The van der Waals surface area contributed by atoms with E-state index in [1.807, 2.05) is 24.0 Å². The van der Waals surface area contributed by atoms with E-state index in [0.29, 0.717) is 37.4 Å². The first-order chi connectivity index (χ1) is 16.5. The number of nitrogens with zero attached hydrogens (tertiary/aromatic N) is 5. The Morgan fingerprint density at radius 1 is 1.12 bits per heavy atom. The van der Waals surface area contributed by atoms with E-state index in [2.05, 4.69) is 15.3 Å². The van der Waals surface area contributed by atoms with Gasteiger partial charge < -0.3 is 15.0 Å². The molecule has 2 aliphatic rings. The molecule has 0 bridgehead atoms. The van der Waals surface area contributed by atoms with Crippen LogP contribution in [0.15, 0.2) is 32.9 Å². The summed E-state index contributed by atoms with van der Waals surface area (Å²) in [5, 5.41) is 3.29. The third-order valence-corrected chi connectivity index (χ3v) is 6.22. The minimum absolute atomic E-state index is 0.217. The predicted molar refractivity (Wildman–Crippen MR) is 130 cm³/mol. The molecule has 0 radical (unpaired) electrons. The largest absolute Gasteiger partial charge is 0.383 e. The molecule has 10 nitrogen and oxygen atoms in total. The van der Waals surface area contributed by atoms with E-state index in [1.165, 1.54) is 4.57 Å². The number of aliphatic imine (C=N–C) groups is 1. The first-order valence-corrected chi connectivity index (χ1v) is 11.9. The molecule has 1 amide bonds. The second-order valence-corrected chi connectivity index (χ2v) is 8.62. The summed E-state index contributed by atoms with van der Waals surface area (Å²) < 4.78 is 7.91. The van der Waals surface area contributed by atoms with Crippen molar-refractivity contribution in [3.63, 3.8) is 0 Å². The van der Waals surface area contributed by atoms with Crippen LogP contribution in [-0.2, 0) is 29.0 Å². The molecular weight excluding hydrogens is 436 g/mol. The molecule has 0 atom stereocenters. The number of fused-ring (bicyclic) bond motifs is 1. The minimum atomic E-state index is -0.346. The maximum absolute atomic E-state index is 13.0. The van der Waals surface area contributed by atoms with Gasteiger partial charge in [0, 0.05) is 57.9 Å². The molecule has 0 aliphatic carbocycles. The van der Waals surface area contributed by atoms with E-state index in [0.717, 1.165) is 56.0 Å². The highest BCUT2D eigenvalue weighted by atomic mass is 16.5. The summed E-state index contributed by atoms with van der Waals surface area (Å²) in [5.41, 5.74) is 1.44. The van der Waals surface area contributed by atoms with Crippen LogP contribution in [0.5, 0.6) is 0 Å². The number of likely N-dealkylation sites (tertiary alicyclic amines) is 1. The molecule has 34 heavy (non-hydrogen) atoms. The number of nitrogens with one attached hydrogen (secondary N) is 1. The molecule has 1 saturated heterocycles. The van der Waals surface area contributed by atoms with Crippen molar-refractivity contribution in [3.05, 3.63) is 50.3 Å². The van der Waals surface area contributed by atoms with Gasteiger partial charge in [-0.3, -0.25) is 18.7 Å². The van der Waals surface area contributed by atoms with Crippen LogP contribution in [-0.4, -0.2) is 64.0 Å². The smallest absolute Gasteiger partial charge is 0.332 e. The van der Waals surface area contributed by atoms with Gasteiger partial charge in [-0.15, -0.1) is 0 Å². The third kappa shape index (κ3) is 4.96. The van der Waals surface area contributed by atoms with Crippen LogP contribution in [0.1, 0.15) is 43.7 Å². The number of amides is 1. The molecular formula is C24H32N6O4. The molecule has 4 rings (SSSR count). The summed E-state index contributed by atoms with van der Waals surface area (Å²) in [6.45, 7) is 5.35. The summed E-state index contributed by atoms with van der Waals surface area (Å²) in [5.74, 6) is 1.45. The van der Waals surface area contributed by atoms with Gasteiger partial charge >= 0.3 is 5.69 Å². The topological polar surface area (TPSA) is 111 Å². The highest BCUT2D eigenvalue weighted by Crippen LogP contribution is 2.25. The Hall–Kier alpha value is -3.27. The maximum Gasteiger partial charge on any atom is 0.332 e. The Morgan fingerprint density at radius 2 is 1.97 bits per heavy atom. The first kappa shape index (κ1) is 23.9. The molecule has 0 saturated carbocycles. The molecule has 0 unspecified atom stereocenters. The van der Waals surface area contributed by atoms with Crippen molar-refractivity contribution in [2.75, 3.05) is 38.7 Å². The number of methoxy groups -OCH3 is 1. The van der Waals surface area contributed by atoms with Crippen molar-refractivity contribution in [1.82, 2.24) is 19.0 Å². The van der Waals surface area contributed by atoms with Crippen molar-refractivity contribution in [3.8, 4) is 0 Å². The Kier molecular flexibility index (Phi) is 7.56. The van der Waals surface area contributed by atoms with Crippen LogP contribution >= 0.6 is 0 Å². The van der Waals surface area contributed by atoms with E-state index in [1.54, 1.807) is 17.9 Å². The number of hydrogen-bond acceptors (Lipinski definition) is 7. The summed E-state index contributed by atoms with van der Waals surface area (Å²) in [6.07, 6.45) is 5.35. The van der Waals surface area contributed by atoms with Crippen LogP contribution in [0.2, 0.25) is 0 Å². The molecule has 2 aromatic rings. The number of ether oxygens (including phenoxy) is 1. The van der Waals surface area contributed by atoms with Crippen molar-refractivity contribution < 1.29 is 9.53 Å². The molecule has 2 aromatic heterocycles. The monoisotopic (exact) mass is 468 g/mol. The van der Waals surface area contributed by atoms with Crippen LogP contribution < -0.4 is 16.6 Å². The Labute approximate surface area is 198 Å². The number of rotatable bonds is 11. The quantitative estimate of drug-likeness (QED) is 0.501. The number of hydrogen-bond donors (Lipinski definition) is 1. The maximum atomic E-state index is 13.0. The van der Waals surface area contributed by atoms with Crippen molar-refractivity contribution in [2.24, 2.45) is 4.99 Å². The molecule has 182 valence electrons. The first-order valence-electron chi connectivity index (χ1n) is 11.9. The standard InChI is InChI=1S/C24H32N6O4/c1-3-10-29-22-18(23(32)30(24(29)33)13-14-34-2)15-19(27-22)17-7-8-20(26-16-17)25-9-5-12-28-11-4-6-21(28)31/h7-8,16H,3-6,9-15H2,1-2H3,(H,25,26). The molecule has 10 heteroatoms. The highest BCUT2D eigenvalue weighted by Gasteiger charge is 2.26. The van der Waals surface area contributed by atoms with E-state index >= 15 is 0 Å². The van der Waals surface area contributed by atoms with Gasteiger partial charge in [0.2, 0.25) is 5.91 Å². The Morgan fingerprint density at radius 3 is 2.65 bits per heavy atom. The van der Waals surface area contributed by atoms with Gasteiger partial charge in [0.1, 0.15) is 11.6 Å². The fraction of sp³-hybridized carbons (Fsp3) is 0.542. The average Bonchev–Trinajstić information content (AvgIpc) is 3.46. The lowest BCUT2D eigenvalue weighted by molar-refractivity contribution is -0.127. The van der Waals surface area contributed by atoms with Gasteiger partial charge in [0.05, 0.1) is 24.4 Å². The molecule has 1 N–H and O–H groups in total. The fourth-order valence-corrected chi connectivity index (χ4v) is 4.43. The minimum Gasteiger partial charge on any atom is -0.383 e. The van der Waals surface area contributed by atoms with Crippen molar-refractivity contribution >= 4 is 23.3 Å². The number of aromatic nitrogens is 3. The summed E-state index contributed by atoms with van der Waals surface area (Å²) >= 11 is 0. The SMILES string of the molecule is CCCn1c2c(c(=O)n(CCOC)c1=O)CC(c1ccc(NCCCN3CCCC3=O)nc1)=N2. The van der Waals surface area contributed by atoms with Crippen molar-refractivity contribution in [2.45, 2.75) is 52.1 Å². The normalized spacial score (nSPS) is 15.1. The second kappa shape index (κ2) is 10.8. The van der Waals surface area contributed by atoms with Gasteiger partial charge in [0.25, 0.3) is 5.56 Å². The second-order valence-electron chi connectivity index (χ2n) is 8.62. The van der Waals surface area contributed by atoms with Gasteiger partial charge in [-0.25, -0.2) is 14.8 Å². The highest BCUT2D eigenvalue weighted by molar-refractivity contribution is 6.05. The van der Waals surface area contributed by atoms with E-state index < -0.39 is 0 Å². The van der Waals surface area contributed by atoms with E-state index in [9.17, 15) is 14.4 Å². The number of anilines is 1. The third-order valence-electron chi connectivity index (χ3n) is 6.22. The lowest BCUT2D eigenvalue weighted by Gasteiger charge is -2.15. The summed E-state index contributed by atoms with van der Waals surface area (Å²) in [7, 11) is 1.55. The van der Waals surface area contributed by atoms with Crippen LogP contribution in [0.3, 0.4) is 0 Å². The van der Waals surface area contributed by atoms with Crippen LogP contribution in [0.4, 0.5) is 11.6 Å². The van der Waals surface area contributed by atoms with Gasteiger partial charge in [-0.1, -0.05) is 6.92 Å². The van der Waals surface area contributed by atoms with Crippen LogP contribution in [0, 0.1) is 0 Å². The van der Waals surface area contributed by atoms with Gasteiger partial charge in [-0.05, 0) is 31.4 Å². The molecule has 0 aromatic carbocycles. The van der Waals surface area contributed by atoms with E-state index in [4.69, 9.17) is 4.74 Å². The summed E-state index contributed by atoms with van der Waals surface area (Å²) in [4.78, 5) is 48.7. The molecule has 4 heterocycles. The lowest BCUT2D eigenvalue weighted by Crippen LogP contribution is -2.42. The van der Waals surface area contributed by atoms with Crippen molar-refractivity contribution in [1.29, 1.82) is 0 Å². The number of carbonyl (C=O) groups excluding carboxylic acids is 1. The molecule has 2 aliphatic heterocycles. The fourth-order valence-electron chi connectivity index (χ4n) is 4.43. The average molecular weight is 469 g/mol. The summed E-state index contributed by atoms with van der Waals surface area (Å²) in [6, 6.07) is 3.81. The Balaban J connectivity index is 1.45. The van der Waals surface area contributed by atoms with E-state index in [-0.39, 0.29) is 23.7 Å². The zero-order chi connectivity index (χ0) is 24.1. The number of carbonyl (C=O) groups is 1. The molecule has 0 spiro atoms. The van der Waals surface area contributed by atoms with Gasteiger partial charge in [0.15, 0.2) is 0 Å². The Bertz CT molecular complexity index is 1180. The zero-order valence-corrected chi connectivity index (χ0v) is 19.9. The molecule has 1 fully saturated rings. The zero-order valence-electron chi connectivity index (χ0n) is 19.9. The van der Waals surface area contributed by atoms with Crippen LogP contribution in [0.25, 0.3) is 0 Å². The lowest BCUT2D eigenvalue weighted by atomic mass is 10.1. The predicted octanol–water partition coefficient (Wildman–Crippen LogP) is 1.56.